The Kier molecular flexibility index (Phi) is 2.35. The van der Waals surface area contributed by atoms with E-state index >= 15 is 0 Å². The molecular formula is C13H15BrO. The van der Waals surface area contributed by atoms with E-state index in [1.165, 1.54) is 19.3 Å². The fraction of sp³-hybridized carbons (Fsp3) is 0.615. The molecule has 0 radical (unpaired) electrons. The maximum absolute atomic E-state index is 12.2. The summed E-state index contributed by atoms with van der Waals surface area (Å²) in [7, 11) is 0. The van der Waals surface area contributed by atoms with Crippen molar-refractivity contribution in [2.45, 2.75) is 25.7 Å². The molecule has 15 heavy (non-hydrogen) atoms. The topological polar surface area (TPSA) is 17.1 Å². The Morgan fingerprint density at radius 1 is 1.27 bits per heavy atom. The molecular weight excluding hydrogens is 252 g/mol. The van der Waals surface area contributed by atoms with Crippen molar-refractivity contribution in [3.8, 4) is 0 Å². The highest BCUT2D eigenvalue weighted by Gasteiger charge is 2.48. The number of carbonyl (C=O) groups is 1. The van der Waals surface area contributed by atoms with E-state index in [9.17, 15) is 4.79 Å². The third-order valence-corrected chi connectivity index (χ3v) is 4.77. The second-order valence-electron chi connectivity index (χ2n) is 4.97. The number of allylic oxidation sites excluding steroid dienone is 4. The van der Waals surface area contributed by atoms with Crippen LogP contribution in [0.1, 0.15) is 25.7 Å². The molecule has 4 unspecified atom stereocenters. The van der Waals surface area contributed by atoms with Crippen molar-refractivity contribution >= 4 is 21.7 Å². The minimum Gasteiger partial charge on any atom is -0.299 e. The highest BCUT2D eigenvalue weighted by molar-refractivity contribution is 9.11. The average Bonchev–Trinajstić information content (AvgIpc) is 2.54. The zero-order valence-electron chi connectivity index (χ0n) is 8.66. The molecule has 0 spiro atoms. The van der Waals surface area contributed by atoms with E-state index in [0.29, 0.717) is 23.5 Å². The van der Waals surface area contributed by atoms with Crippen molar-refractivity contribution < 1.29 is 4.79 Å². The number of hydrogen-bond acceptors (Lipinski definition) is 1. The van der Waals surface area contributed by atoms with E-state index < -0.39 is 0 Å². The van der Waals surface area contributed by atoms with Crippen LogP contribution in [0.15, 0.2) is 22.7 Å². The van der Waals surface area contributed by atoms with Gasteiger partial charge in [-0.2, -0.15) is 0 Å². The van der Waals surface area contributed by atoms with E-state index in [2.05, 4.69) is 28.1 Å². The predicted molar refractivity (Wildman–Crippen MR) is 63.6 cm³/mol. The summed E-state index contributed by atoms with van der Waals surface area (Å²) in [6, 6.07) is 0. The second-order valence-corrected chi connectivity index (χ2v) is 5.89. The lowest BCUT2D eigenvalue weighted by Crippen LogP contribution is -2.21. The summed E-state index contributed by atoms with van der Waals surface area (Å²) in [4.78, 5) is 12.2. The third kappa shape index (κ3) is 1.45. The maximum atomic E-state index is 12.2. The number of rotatable bonds is 0. The van der Waals surface area contributed by atoms with Crippen LogP contribution in [-0.4, -0.2) is 5.78 Å². The molecule has 0 aromatic rings. The standard InChI is InChI=1S/C13H15BrO/c14-8-5-6-11-12(7-8)9-3-1-2-4-10(9)13(11)15/h5-7,9-12H,1-4H2. The first-order valence-electron chi connectivity index (χ1n) is 5.86. The minimum absolute atomic E-state index is 0.194. The molecule has 1 nitrogen and oxygen atoms in total. The van der Waals surface area contributed by atoms with Gasteiger partial charge in [0.05, 0.1) is 0 Å². The molecule has 2 heteroatoms. The molecule has 0 N–H and O–H groups in total. The summed E-state index contributed by atoms with van der Waals surface area (Å²) in [5.74, 6) is 2.19. The van der Waals surface area contributed by atoms with Crippen LogP contribution >= 0.6 is 15.9 Å². The SMILES string of the molecule is O=C1C2C=CC(Br)=CC2C2CCCCC12. The Morgan fingerprint density at radius 3 is 2.93 bits per heavy atom. The Hall–Kier alpha value is -0.370. The van der Waals surface area contributed by atoms with E-state index in [1.807, 2.05) is 6.08 Å². The van der Waals surface area contributed by atoms with Gasteiger partial charge in [-0.05, 0) is 24.7 Å². The van der Waals surface area contributed by atoms with Crippen molar-refractivity contribution in [3.05, 3.63) is 22.7 Å². The molecule has 0 amide bonds. The highest BCUT2D eigenvalue weighted by Crippen LogP contribution is 2.49. The van der Waals surface area contributed by atoms with Gasteiger partial charge in [0.25, 0.3) is 0 Å². The van der Waals surface area contributed by atoms with E-state index in [4.69, 9.17) is 0 Å². The largest absolute Gasteiger partial charge is 0.299 e. The monoisotopic (exact) mass is 266 g/mol. The lowest BCUT2D eigenvalue weighted by molar-refractivity contribution is -0.123. The van der Waals surface area contributed by atoms with Crippen LogP contribution in [-0.2, 0) is 4.79 Å². The van der Waals surface area contributed by atoms with Gasteiger partial charge in [-0.15, -0.1) is 0 Å². The molecule has 0 bridgehead atoms. The van der Waals surface area contributed by atoms with Crippen LogP contribution in [0.2, 0.25) is 0 Å². The average molecular weight is 267 g/mol. The number of hydrogen-bond donors (Lipinski definition) is 0. The molecule has 3 aliphatic rings. The van der Waals surface area contributed by atoms with Gasteiger partial charge in [0, 0.05) is 16.3 Å². The molecule has 2 saturated carbocycles. The summed E-state index contributed by atoms with van der Waals surface area (Å²) in [6.45, 7) is 0. The number of fused-ring (bicyclic) bond motifs is 3. The van der Waals surface area contributed by atoms with Gasteiger partial charge in [-0.3, -0.25) is 4.79 Å². The molecule has 0 heterocycles. The molecule has 4 atom stereocenters. The summed E-state index contributed by atoms with van der Waals surface area (Å²) >= 11 is 3.52. The van der Waals surface area contributed by atoms with Gasteiger partial charge in [0.2, 0.25) is 0 Å². The quantitative estimate of drug-likeness (QED) is 0.657. The molecule has 3 aliphatic carbocycles. The Morgan fingerprint density at radius 2 is 2.07 bits per heavy atom. The second kappa shape index (κ2) is 3.58. The molecule has 0 aromatic carbocycles. The predicted octanol–water partition coefficient (Wildman–Crippen LogP) is 3.46. The first kappa shape index (κ1) is 9.83. The Labute approximate surface area is 98.8 Å². The van der Waals surface area contributed by atoms with Crippen LogP contribution in [0.3, 0.4) is 0 Å². The number of Topliss-reactive ketones (excluding diaryl/α,β-unsaturated/α-hetero) is 1. The van der Waals surface area contributed by atoms with Gasteiger partial charge in [0.1, 0.15) is 5.78 Å². The van der Waals surface area contributed by atoms with Crippen LogP contribution < -0.4 is 0 Å². The fourth-order valence-electron chi connectivity index (χ4n) is 3.56. The first-order chi connectivity index (χ1) is 7.27. The Balaban J connectivity index is 1.96. The molecule has 0 aliphatic heterocycles. The summed E-state index contributed by atoms with van der Waals surface area (Å²) in [5, 5.41) is 0. The minimum atomic E-state index is 0.194. The highest BCUT2D eigenvalue weighted by atomic mass is 79.9. The third-order valence-electron chi connectivity index (χ3n) is 4.24. The van der Waals surface area contributed by atoms with Crippen molar-refractivity contribution in [2.24, 2.45) is 23.7 Å². The van der Waals surface area contributed by atoms with Gasteiger partial charge in [0.15, 0.2) is 0 Å². The lowest BCUT2D eigenvalue weighted by Gasteiger charge is -2.27. The van der Waals surface area contributed by atoms with Crippen LogP contribution in [0.25, 0.3) is 0 Å². The van der Waals surface area contributed by atoms with Crippen LogP contribution in [0, 0.1) is 23.7 Å². The normalized spacial score (nSPS) is 43.5. The van der Waals surface area contributed by atoms with Crippen molar-refractivity contribution in [1.29, 1.82) is 0 Å². The maximum Gasteiger partial charge on any atom is 0.143 e. The Bertz CT molecular complexity index is 356. The van der Waals surface area contributed by atoms with Crippen molar-refractivity contribution in [1.82, 2.24) is 0 Å². The molecule has 3 rings (SSSR count). The summed E-state index contributed by atoms with van der Waals surface area (Å²) in [5.41, 5.74) is 0. The summed E-state index contributed by atoms with van der Waals surface area (Å²) in [6.07, 6.45) is 11.4. The van der Waals surface area contributed by atoms with E-state index in [1.54, 1.807) is 0 Å². The van der Waals surface area contributed by atoms with E-state index in [0.717, 1.165) is 10.9 Å². The smallest absolute Gasteiger partial charge is 0.143 e. The zero-order valence-corrected chi connectivity index (χ0v) is 10.2. The van der Waals surface area contributed by atoms with Gasteiger partial charge >= 0.3 is 0 Å². The molecule has 80 valence electrons. The number of carbonyl (C=O) groups excluding carboxylic acids is 1. The van der Waals surface area contributed by atoms with Gasteiger partial charge in [-0.1, -0.05) is 47.0 Å². The summed E-state index contributed by atoms with van der Waals surface area (Å²) < 4.78 is 1.16. The van der Waals surface area contributed by atoms with Crippen LogP contribution in [0.5, 0.6) is 0 Å². The van der Waals surface area contributed by atoms with Crippen LogP contribution in [0.4, 0.5) is 0 Å². The van der Waals surface area contributed by atoms with Gasteiger partial charge in [-0.25, -0.2) is 0 Å². The fourth-order valence-corrected chi connectivity index (χ4v) is 4.02. The molecule has 0 saturated heterocycles. The van der Waals surface area contributed by atoms with E-state index in [-0.39, 0.29) is 5.92 Å². The first-order valence-corrected chi connectivity index (χ1v) is 6.66. The van der Waals surface area contributed by atoms with Gasteiger partial charge < -0.3 is 0 Å². The molecule has 0 aromatic heterocycles. The number of ketones is 1. The molecule has 2 fully saturated rings. The zero-order chi connectivity index (χ0) is 10.4. The lowest BCUT2D eigenvalue weighted by atomic mass is 9.77. The van der Waals surface area contributed by atoms with Crippen molar-refractivity contribution in [3.63, 3.8) is 0 Å². The van der Waals surface area contributed by atoms with Crippen molar-refractivity contribution in [2.75, 3.05) is 0 Å². The number of halogens is 1.